The Bertz CT molecular complexity index is 1240. The summed E-state index contributed by atoms with van der Waals surface area (Å²) in [5.74, 6) is -0.0864. The number of amides is 1. The van der Waals surface area contributed by atoms with Crippen LogP contribution in [-0.2, 0) is 4.79 Å². The van der Waals surface area contributed by atoms with Gasteiger partial charge >= 0.3 is 0 Å². The highest BCUT2D eigenvalue weighted by molar-refractivity contribution is 5.76. The second-order valence-electron chi connectivity index (χ2n) is 19.3. The molecule has 4 nitrogen and oxygen atoms in total. The van der Waals surface area contributed by atoms with Gasteiger partial charge < -0.3 is 15.5 Å². The Labute approximate surface area is 417 Å². The Morgan fingerprint density at radius 2 is 0.672 bits per heavy atom. The quantitative estimate of drug-likeness (QED) is 0.0420. The first-order chi connectivity index (χ1) is 33.2. The smallest absolute Gasteiger partial charge is 0.220 e. The van der Waals surface area contributed by atoms with E-state index in [1.54, 1.807) is 6.08 Å². The first-order valence-corrected chi connectivity index (χ1v) is 29.0. The fourth-order valence-electron chi connectivity index (χ4n) is 8.42. The number of unbranched alkanes of at least 4 members (excludes halogenated alkanes) is 31. The number of hydrogen-bond acceptors (Lipinski definition) is 3. The summed E-state index contributed by atoms with van der Waals surface area (Å²) in [4.78, 5) is 12.5. The van der Waals surface area contributed by atoms with E-state index in [2.05, 4.69) is 104 Å². The van der Waals surface area contributed by atoms with Gasteiger partial charge in [-0.15, -0.1) is 0 Å². The highest BCUT2D eigenvalue weighted by Crippen LogP contribution is 2.16. The second-order valence-corrected chi connectivity index (χ2v) is 19.3. The van der Waals surface area contributed by atoms with Crippen molar-refractivity contribution in [1.29, 1.82) is 0 Å². The molecule has 2 atom stereocenters. The molecule has 3 N–H and O–H groups in total. The van der Waals surface area contributed by atoms with Crippen LogP contribution in [0.4, 0.5) is 0 Å². The summed E-state index contributed by atoms with van der Waals surface area (Å²) < 4.78 is 0. The summed E-state index contributed by atoms with van der Waals surface area (Å²) in [6, 6.07) is -0.657. The van der Waals surface area contributed by atoms with Crippen molar-refractivity contribution in [3.8, 4) is 0 Å². The van der Waals surface area contributed by atoms with Gasteiger partial charge in [0.05, 0.1) is 18.8 Å². The molecule has 67 heavy (non-hydrogen) atoms. The molecule has 1 amide bonds. The molecule has 0 spiro atoms. The van der Waals surface area contributed by atoms with Crippen LogP contribution in [0.25, 0.3) is 0 Å². The molecule has 0 aromatic rings. The molecule has 0 saturated heterocycles. The van der Waals surface area contributed by atoms with Crippen LogP contribution in [0.3, 0.4) is 0 Å². The van der Waals surface area contributed by atoms with Gasteiger partial charge in [-0.2, -0.15) is 0 Å². The minimum atomic E-state index is -0.881. The lowest BCUT2D eigenvalue weighted by molar-refractivity contribution is -0.123. The average molecular weight is 931 g/mol. The molecule has 0 aromatic heterocycles. The van der Waals surface area contributed by atoms with Crippen molar-refractivity contribution in [3.05, 3.63) is 97.2 Å². The lowest BCUT2D eigenvalue weighted by atomic mass is 10.0. The summed E-state index contributed by atoms with van der Waals surface area (Å²) in [6.07, 6.45) is 85.8. The highest BCUT2D eigenvalue weighted by Gasteiger charge is 2.18. The molecule has 0 fully saturated rings. The standard InChI is InChI=1S/C63H111NO3/c1-3-5-7-9-11-13-15-17-19-21-23-25-27-29-30-31-32-33-35-36-38-40-42-44-46-48-50-52-54-56-58-62(66)61(60-65)64-63(67)59-57-55-53-51-49-47-45-43-41-39-37-34-28-26-24-22-20-18-16-14-12-10-8-6-4-2/h6,8,12,14,18,20,24,26,34,37,40,42,48,50,56,58,61-62,65-66H,3-5,7,9-11,13,15-17,19,21-23,25,27-33,35-36,38-39,41,43-47,49,51-55,57,59-60H2,1-2H3,(H,64,67)/b8-6-,14-12-,20-18-,26-24-,37-34-,42-40+,50-48+,58-56+. The Balaban J connectivity index is 3.60. The molecule has 386 valence electrons. The summed E-state index contributed by atoms with van der Waals surface area (Å²) in [5.41, 5.74) is 0. The van der Waals surface area contributed by atoms with E-state index in [0.717, 1.165) is 77.0 Å². The number of nitrogens with one attached hydrogen (secondary N) is 1. The molecule has 0 aromatic carbocycles. The topological polar surface area (TPSA) is 69.6 Å². The van der Waals surface area contributed by atoms with Gasteiger partial charge in [0.1, 0.15) is 0 Å². The normalized spacial score (nSPS) is 13.6. The predicted octanol–water partition coefficient (Wildman–Crippen LogP) is 19.3. The van der Waals surface area contributed by atoms with Gasteiger partial charge in [0.25, 0.3) is 0 Å². The van der Waals surface area contributed by atoms with Crippen molar-refractivity contribution in [1.82, 2.24) is 5.32 Å². The Morgan fingerprint density at radius 3 is 1.04 bits per heavy atom. The maximum Gasteiger partial charge on any atom is 0.220 e. The maximum absolute atomic E-state index is 12.5. The van der Waals surface area contributed by atoms with E-state index in [4.69, 9.17) is 0 Å². The Kier molecular flexibility index (Phi) is 55.3. The molecule has 0 radical (unpaired) electrons. The number of carbonyl (C=O) groups is 1. The van der Waals surface area contributed by atoms with Gasteiger partial charge in [0.2, 0.25) is 5.91 Å². The Hall–Kier alpha value is -2.69. The lowest BCUT2D eigenvalue weighted by Gasteiger charge is -2.19. The van der Waals surface area contributed by atoms with Crippen molar-refractivity contribution in [2.45, 2.75) is 289 Å². The number of hydrogen-bond donors (Lipinski definition) is 3. The second kappa shape index (κ2) is 57.6. The van der Waals surface area contributed by atoms with Crippen LogP contribution in [0.2, 0.25) is 0 Å². The summed E-state index contributed by atoms with van der Waals surface area (Å²) >= 11 is 0. The van der Waals surface area contributed by atoms with Crippen LogP contribution in [0, 0.1) is 0 Å². The molecule has 2 unspecified atom stereocenters. The van der Waals surface area contributed by atoms with Gasteiger partial charge in [0, 0.05) is 6.42 Å². The third kappa shape index (κ3) is 54.1. The Morgan fingerprint density at radius 1 is 0.373 bits per heavy atom. The third-order valence-electron chi connectivity index (χ3n) is 12.8. The third-order valence-corrected chi connectivity index (χ3v) is 12.8. The van der Waals surface area contributed by atoms with Crippen molar-refractivity contribution in [2.75, 3.05) is 6.61 Å². The first-order valence-electron chi connectivity index (χ1n) is 29.0. The maximum atomic E-state index is 12.5. The van der Waals surface area contributed by atoms with Crippen molar-refractivity contribution in [3.63, 3.8) is 0 Å². The van der Waals surface area contributed by atoms with E-state index in [9.17, 15) is 15.0 Å². The van der Waals surface area contributed by atoms with Crippen LogP contribution in [0.15, 0.2) is 97.2 Å². The molecular weight excluding hydrogens is 819 g/mol. The predicted molar refractivity (Wildman–Crippen MR) is 299 cm³/mol. The first kappa shape index (κ1) is 64.3. The number of rotatable bonds is 52. The van der Waals surface area contributed by atoms with E-state index >= 15 is 0 Å². The minimum Gasteiger partial charge on any atom is -0.394 e. The molecule has 0 saturated carbocycles. The zero-order valence-corrected chi connectivity index (χ0v) is 44.4. The zero-order chi connectivity index (χ0) is 48.5. The molecule has 0 aliphatic carbocycles. The van der Waals surface area contributed by atoms with E-state index < -0.39 is 12.1 Å². The fourth-order valence-corrected chi connectivity index (χ4v) is 8.42. The number of aliphatic hydroxyl groups excluding tert-OH is 2. The van der Waals surface area contributed by atoms with Crippen LogP contribution in [-0.4, -0.2) is 34.9 Å². The van der Waals surface area contributed by atoms with Crippen LogP contribution in [0.5, 0.6) is 0 Å². The summed E-state index contributed by atoms with van der Waals surface area (Å²) in [6.45, 7) is 4.19. The zero-order valence-electron chi connectivity index (χ0n) is 44.4. The largest absolute Gasteiger partial charge is 0.394 e. The van der Waals surface area contributed by atoms with Crippen LogP contribution < -0.4 is 5.32 Å². The van der Waals surface area contributed by atoms with Gasteiger partial charge in [-0.1, -0.05) is 278 Å². The molecule has 0 heterocycles. The average Bonchev–Trinajstić information content (AvgIpc) is 3.33. The van der Waals surface area contributed by atoms with E-state index in [-0.39, 0.29) is 12.5 Å². The SMILES string of the molecule is CC/C=C\C/C=C\C/C=C\C/C=C\C/C=C\CCCCCCCCCCCC(=O)NC(CO)C(O)/C=C/CC/C=C/CC/C=C/CCCCCCCCCCCCCCCCCCCCCC. The van der Waals surface area contributed by atoms with Crippen molar-refractivity contribution < 1.29 is 15.0 Å². The van der Waals surface area contributed by atoms with Crippen molar-refractivity contribution in [2.24, 2.45) is 0 Å². The molecular formula is C63H111NO3. The molecule has 0 bridgehead atoms. The lowest BCUT2D eigenvalue weighted by Crippen LogP contribution is -2.45. The van der Waals surface area contributed by atoms with Gasteiger partial charge in [-0.05, 0) is 89.9 Å². The summed E-state index contributed by atoms with van der Waals surface area (Å²) in [7, 11) is 0. The van der Waals surface area contributed by atoms with Crippen LogP contribution in [0.1, 0.15) is 277 Å². The number of allylic oxidation sites excluding steroid dienone is 15. The fraction of sp³-hybridized carbons (Fsp3) is 0.730. The monoisotopic (exact) mass is 930 g/mol. The van der Waals surface area contributed by atoms with E-state index in [1.165, 1.54) is 180 Å². The highest BCUT2D eigenvalue weighted by atomic mass is 16.3. The molecule has 0 aliphatic heterocycles. The number of carbonyl (C=O) groups excluding carboxylic acids is 1. The van der Waals surface area contributed by atoms with Crippen molar-refractivity contribution >= 4 is 5.91 Å². The van der Waals surface area contributed by atoms with Gasteiger partial charge in [0.15, 0.2) is 0 Å². The van der Waals surface area contributed by atoms with E-state index in [1.807, 2.05) is 6.08 Å². The summed E-state index contributed by atoms with van der Waals surface area (Å²) in [5, 5.41) is 23.2. The molecule has 4 heteroatoms. The number of aliphatic hydroxyl groups is 2. The van der Waals surface area contributed by atoms with Gasteiger partial charge in [-0.3, -0.25) is 4.79 Å². The van der Waals surface area contributed by atoms with Gasteiger partial charge in [-0.25, -0.2) is 0 Å². The molecule has 0 aliphatic rings. The molecule has 0 rings (SSSR count). The van der Waals surface area contributed by atoms with E-state index in [0.29, 0.717) is 6.42 Å². The van der Waals surface area contributed by atoms with Crippen LogP contribution >= 0.6 is 0 Å². The minimum absolute atomic E-state index is 0.0864.